The first-order valence-electron chi connectivity index (χ1n) is 6.52. The van der Waals surface area contributed by atoms with Crippen LogP contribution < -0.4 is 15.0 Å². The molecule has 2 aromatic rings. The smallest absolute Gasteiger partial charge is 0.231 e. The highest BCUT2D eigenvalue weighted by atomic mass is 32.1. The van der Waals surface area contributed by atoms with E-state index in [4.69, 9.17) is 4.74 Å². The molecule has 0 amide bonds. The SMILES string of the molecule is CCc1nn(C)cc1NCc1sc(N(C)C)nc1OC. The van der Waals surface area contributed by atoms with Crippen LogP contribution in [0.4, 0.5) is 10.8 Å². The fraction of sp³-hybridized carbons (Fsp3) is 0.538. The summed E-state index contributed by atoms with van der Waals surface area (Å²) in [5.74, 6) is 0.688. The molecule has 0 aliphatic heterocycles. The molecule has 0 bridgehead atoms. The Bertz CT molecular complexity index is 575. The Morgan fingerprint density at radius 2 is 2.20 bits per heavy atom. The molecule has 2 aromatic heterocycles. The van der Waals surface area contributed by atoms with Crippen molar-refractivity contribution in [2.75, 3.05) is 31.4 Å². The van der Waals surface area contributed by atoms with E-state index in [9.17, 15) is 0 Å². The molecule has 2 rings (SSSR count). The van der Waals surface area contributed by atoms with Gasteiger partial charge in [-0.2, -0.15) is 10.1 Å². The Kier molecular flexibility index (Phi) is 4.49. The first kappa shape index (κ1) is 14.6. The topological polar surface area (TPSA) is 55.2 Å². The summed E-state index contributed by atoms with van der Waals surface area (Å²) in [6.45, 7) is 2.79. The number of aryl methyl sites for hydroxylation is 2. The second kappa shape index (κ2) is 6.13. The normalized spacial score (nSPS) is 10.7. The molecule has 0 saturated carbocycles. The van der Waals surface area contributed by atoms with Gasteiger partial charge in [-0.25, -0.2) is 0 Å². The maximum atomic E-state index is 5.34. The van der Waals surface area contributed by atoms with Crippen molar-refractivity contribution in [2.45, 2.75) is 19.9 Å². The summed E-state index contributed by atoms with van der Waals surface area (Å²) in [6.07, 6.45) is 2.91. The zero-order valence-corrected chi connectivity index (χ0v) is 13.4. The van der Waals surface area contributed by atoms with Crippen LogP contribution in [0, 0.1) is 0 Å². The minimum Gasteiger partial charge on any atom is -0.480 e. The van der Waals surface area contributed by atoms with Crippen LogP contribution >= 0.6 is 11.3 Å². The van der Waals surface area contributed by atoms with Gasteiger partial charge in [0.05, 0.1) is 29.9 Å². The molecule has 0 radical (unpaired) electrons. The van der Waals surface area contributed by atoms with Gasteiger partial charge in [0.2, 0.25) is 5.88 Å². The number of anilines is 2. The first-order chi connectivity index (χ1) is 9.55. The van der Waals surface area contributed by atoms with Gasteiger partial charge in [0.1, 0.15) is 0 Å². The Hall–Kier alpha value is -1.76. The van der Waals surface area contributed by atoms with Gasteiger partial charge in [0.15, 0.2) is 5.13 Å². The summed E-state index contributed by atoms with van der Waals surface area (Å²) >= 11 is 1.63. The van der Waals surface area contributed by atoms with E-state index in [0.29, 0.717) is 12.4 Å². The molecule has 0 spiro atoms. The van der Waals surface area contributed by atoms with Crippen molar-refractivity contribution < 1.29 is 4.74 Å². The van der Waals surface area contributed by atoms with Crippen LogP contribution in [0.2, 0.25) is 0 Å². The minimum absolute atomic E-state index is 0.688. The molecule has 0 fully saturated rings. The predicted octanol–water partition coefficient (Wildman–Crippen LogP) is 2.13. The molecule has 2 heterocycles. The first-order valence-corrected chi connectivity index (χ1v) is 7.34. The second-order valence-corrected chi connectivity index (χ2v) is 5.76. The van der Waals surface area contributed by atoms with E-state index in [1.165, 1.54) is 0 Å². The van der Waals surface area contributed by atoms with Crippen molar-refractivity contribution in [2.24, 2.45) is 7.05 Å². The van der Waals surface area contributed by atoms with Crippen LogP contribution in [0.3, 0.4) is 0 Å². The number of rotatable bonds is 6. The van der Waals surface area contributed by atoms with Gasteiger partial charge in [0, 0.05) is 27.3 Å². The molecule has 110 valence electrons. The lowest BCUT2D eigenvalue weighted by Gasteiger charge is -2.05. The Morgan fingerprint density at radius 3 is 2.80 bits per heavy atom. The molecule has 0 atom stereocenters. The highest BCUT2D eigenvalue weighted by molar-refractivity contribution is 7.15. The molecule has 6 nitrogen and oxygen atoms in total. The van der Waals surface area contributed by atoms with Gasteiger partial charge in [-0.15, -0.1) is 0 Å². The fourth-order valence-electron chi connectivity index (χ4n) is 1.91. The van der Waals surface area contributed by atoms with E-state index >= 15 is 0 Å². The van der Waals surface area contributed by atoms with Crippen LogP contribution in [0.15, 0.2) is 6.20 Å². The number of methoxy groups -OCH3 is 1. The van der Waals surface area contributed by atoms with Crippen molar-refractivity contribution in [3.8, 4) is 5.88 Å². The summed E-state index contributed by atoms with van der Waals surface area (Å²) in [5.41, 5.74) is 2.14. The van der Waals surface area contributed by atoms with E-state index in [2.05, 4.69) is 22.3 Å². The highest BCUT2D eigenvalue weighted by Gasteiger charge is 2.14. The molecular weight excluding hydrogens is 274 g/mol. The average Bonchev–Trinajstić information content (AvgIpc) is 2.99. The number of nitrogens with one attached hydrogen (secondary N) is 1. The Morgan fingerprint density at radius 1 is 1.45 bits per heavy atom. The molecule has 0 unspecified atom stereocenters. The molecular formula is C13H21N5OS. The van der Waals surface area contributed by atoms with Gasteiger partial charge in [-0.05, 0) is 6.42 Å². The van der Waals surface area contributed by atoms with Crippen molar-refractivity contribution >= 4 is 22.2 Å². The monoisotopic (exact) mass is 295 g/mol. The summed E-state index contributed by atoms with van der Waals surface area (Å²) in [5, 5.41) is 8.78. The standard InChI is InChI=1S/C13H21N5OS/c1-6-9-10(8-18(4)16-9)14-7-11-12(19-5)15-13(20-11)17(2)3/h8,14H,6-7H2,1-5H3. The maximum Gasteiger partial charge on any atom is 0.231 e. The average molecular weight is 295 g/mol. The summed E-state index contributed by atoms with van der Waals surface area (Å²) in [6, 6.07) is 0. The van der Waals surface area contributed by atoms with Crippen LogP contribution in [-0.4, -0.2) is 36.0 Å². The number of aromatic nitrogens is 3. The molecule has 7 heteroatoms. The Labute approximate surface area is 123 Å². The summed E-state index contributed by atoms with van der Waals surface area (Å²) in [4.78, 5) is 7.52. The number of thiazole rings is 1. The summed E-state index contributed by atoms with van der Waals surface area (Å²) in [7, 11) is 7.54. The van der Waals surface area contributed by atoms with Gasteiger partial charge >= 0.3 is 0 Å². The van der Waals surface area contributed by atoms with Crippen molar-refractivity contribution in [3.05, 3.63) is 16.8 Å². The predicted molar refractivity (Wildman–Crippen MR) is 82.9 cm³/mol. The van der Waals surface area contributed by atoms with E-state index in [0.717, 1.165) is 27.8 Å². The van der Waals surface area contributed by atoms with Gasteiger partial charge in [0.25, 0.3) is 0 Å². The Balaban J connectivity index is 2.13. The lowest BCUT2D eigenvalue weighted by atomic mass is 10.3. The largest absolute Gasteiger partial charge is 0.480 e. The lowest BCUT2D eigenvalue weighted by Crippen LogP contribution is -2.07. The third kappa shape index (κ3) is 3.04. The summed E-state index contributed by atoms with van der Waals surface area (Å²) < 4.78 is 7.17. The molecule has 20 heavy (non-hydrogen) atoms. The zero-order valence-electron chi connectivity index (χ0n) is 12.6. The van der Waals surface area contributed by atoms with Crippen molar-refractivity contribution in [1.82, 2.24) is 14.8 Å². The van der Waals surface area contributed by atoms with Crippen molar-refractivity contribution in [3.63, 3.8) is 0 Å². The van der Waals surface area contributed by atoms with Crippen LogP contribution in [-0.2, 0) is 20.0 Å². The number of ether oxygens (including phenoxy) is 1. The molecule has 0 aromatic carbocycles. The maximum absolute atomic E-state index is 5.34. The van der Waals surface area contributed by atoms with E-state index in [1.54, 1.807) is 18.4 Å². The molecule has 1 N–H and O–H groups in total. The molecule has 0 aliphatic rings. The van der Waals surface area contributed by atoms with Crippen LogP contribution in [0.1, 0.15) is 17.5 Å². The van der Waals surface area contributed by atoms with Crippen LogP contribution in [0.5, 0.6) is 5.88 Å². The highest BCUT2D eigenvalue weighted by Crippen LogP contribution is 2.31. The minimum atomic E-state index is 0.688. The molecule has 0 saturated heterocycles. The fourth-order valence-corrected chi connectivity index (χ4v) is 2.80. The van der Waals surface area contributed by atoms with E-state index in [-0.39, 0.29) is 0 Å². The number of nitrogens with zero attached hydrogens (tertiary/aromatic N) is 4. The third-order valence-corrected chi connectivity index (χ3v) is 4.11. The molecule has 0 aliphatic carbocycles. The number of hydrogen-bond acceptors (Lipinski definition) is 6. The lowest BCUT2D eigenvalue weighted by molar-refractivity contribution is 0.397. The quantitative estimate of drug-likeness (QED) is 0.884. The zero-order chi connectivity index (χ0) is 14.7. The van der Waals surface area contributed by atoms with E-state index < -0.39 is 0 Å². The van der Waals surface area contributed by atoms with Gasteiger partial charge < -0.3 is 15.0 Å². The number of hydrogen-bond donors (Lipinski definition) is 1. The van der Waals surface area contributed by atoms with Crippen LogP contribution in [0.25, 0.3) is 0 Å². The second-order valence-electron chi connectivity index (χ2n) is 4.69. The van der Waals surface area contributed by atoms with Crippen molar-refractivity contribution in [1.29, 1.82) is 0 Å². The van der Waals surface area contributed by atoms with E-state index in [1.807, 2.05) is 36.9 Å². The van der Waals surface area contributed by atoms with Gasteiger partial charge in [-0.1, -0.05) is 18.3 Å². The van der Waals surface area contributed by atoms with Gasteiger partial charge in [-0.3, -0.25) is 4.68 Å². The third-order valence-electron chi connectivity index (χ3n) is 2.91.